The molecule has 1 heterocycles. The Morgan fingerprint density at radius 2 is 1.77 bits per heavy atom. The van der Waals surface area contributed by atoms with E-state index in [1.54, 1.807) is 6.92 Å². The van der Waals surface area contributed by atoms with E-state index < -0.39 is 26.0 Å². The van der Waals surface area contributed by atoms with Gasteiger partial charge in [-0.05, 0) is 56.2 Å². The minimum absolute atomic E-state index is 0.0276. The average molecular weight is 469 g/mol. The Labute approximate surface area is 181 Å². The summed E-state index contributed by atoms with van der Waals surface area (Å²) in [6.45, 7) is 2.76. The van der Waals surface area contributed by atoms with Crippen LogP contribution in [0.25, 0.3) is 0 Å². The molecule has 11 heteroatoms. The molecule has 0 radical (unpaired) electrons. The molecule has 2 aromatic carbocycles. The van der Waals surface area contributed by atoms with Gasteiger partial charge in [-0.25, -0.2) is 21.6 Å². The average Bonchev–Trinajstić information content (AvgIpc) is 2.75. The van der Waals surface area contributed by atoms with Gasteiger partial charge in [0.25, 0.3) is 10.0 Å². The molecule has 1 saturated heterocycles. The van der Waals surface area contributed by atoms with Gasteiger partial charge in [0.05, 0.1) is 22.8 Å². The Kier molecular flexibility index (Phi) is 6.87. The molecule has 2 N–H and O–H groups in total. The van der Waals surface area contributed by atoms with Crippen LogP contribution in [-0.2, 0) is 20.0 Å². The van der Waals surface area contributed by atoms with Gasteiger partial charge in [-0.3, -0.25) is 4.72 Å². The number of nitrogens with one attached hydrogen (secondary N) is 1. The number of aromatic carboxylic acids is 1. The van der Waals surface area contributed by atoms with E-state index in [4.69, 9.17) is 9.84 Å². The second kappa shape index (κ2) is 9.25. The van der Waals surface area contributed by atoms with Crippen molar-refractivity contribution in [1.82, 2.24) is 4.31 Å². The lowest BCUT2D eigenvalue weighted by molar-refractivity contribution is 0.0696. The quantitative estimate of drug-likeness (QED) is 0.609. The number of anilines is 1. The van der Waals surface area contributed by atoms with Crippen molar-refractivity contribution < 1.29 is 31.5 Å². The number of piperidine rings is 1. The number of benzene rings is 2. The van der Waals surface area contributed by atoms with E-state index >= 15 is 0 Å². The van der Waals surface area contributed by atoms with Crippen molar-refractivity contribution >= 4 is 31.7 Å². The van der Waals surface area contributed by atoms with Crippen LogP contribution in [-0.4, -0.2) is 51.9 Å². The van der Waals surface area contributed by atoms with Gasteiger partial charge in [-0.15, -0.1) is 0 Å². The van der Waals surface area contributed by atoms with Gasteiger partial charge in [0.1, 0.15) is 10.6 Å². The molecule has 0 unspecified atom stereocenters. The zero-order valence-corrected chi connectivity index (χ0v) is 18.6. The molecule has 9 nitrogen and oxygen atoms in total. The van der Waals surface area contributed by atoms with E-state index in [-0.39, 0.29) is 33.4 Å². The highest BCUT2D eigenvalue weighted by Gasteiger charge is 2.30. The van der Waals surface area contributed by atoms with E-state index in [9.17, 15) is 21.6 Å². The van der Waals surface area contributed by atoms with Gasteiger partial charge in [0.2, 0.25) is 10.0 Å². The molecule has 1 aliphatic heterocycles. The number of hydrogen-bond donors (Lipinski definition) is 2. The molecule has 0 saturated carbocycles. The Hall–Kier alpha value is -2.63. The fourth-order valence-electron chi connectivity index (χ4n) is 3.30. The van der Waals surface area contributed by atoms with Crippen LogP contribution in [0, 0.1) is 0 Å². The molecule has 0 atom stereocenters. The van der Waals surface area contributed by atoms with Crippen molar-refractivity contribution in [3.63, 3.8) is 0 Å². The summed E-state index contributed by atoms with van der Waals surface area (Å²) < 4.78 is 61.1. The molecule has 1 aliphatic rings. The number of hydrogen-bond acceptors (Lipinski definition) is 6. The van der Waals surface area contributed by atoms with Crippen LogP contribution < -0.4 is 9.46 Å². The third-order valence-corrected chi connectivity index (χ3v) is 8.12. The Bertz CT molecular complexity index is 1170. The first kappa shape index (κ1) is 23.0. The number of rotatable bonds is 8. The van der Waals surface area contributed by atoms with E-state index in [1.165, 1.54) is 40.7 Å². The summed E-state index contributed by atoms with van der Waals surface area (Å²) in [4.78, 5) is 10.8. The fourth-order valence-corrected chi connectivity index (χ4v) is 6.07. The van der Waals surface area contributed by atoms with Crippen LogP contribution in [0.4, 0.5) is 5.69 Å². The molecule has 0 aliphatic carbocycles. The van der Waals surface area contributed by atoms with Crippen LogP contribution in [0.5, 0.6) is 5.75 Å². The van der Waals surface area contributed by atoms with Crippen molar-refractivity contribution in [3.8, 4) is 5.75 Å². The van der Waals surface area contributed by atoms with Gasteiger partial charge < -0.3 is 9.84 Å². The van der Waals surface area contributed by atoms with Crippen LogP contribution in [0.15, 0.2) is 52.3 Å². The molecular formula is C20H24N2O7S2. The van der Waals surface area contributed by atoms with E-state index in [1.807, 2.05) is 0 Å². The van der Waals surface area contributed by atoms with E-state index in [0.717, 1.165) is 25.3 Å². The molecule has 0 spiro atoms. The van der Waals surface area contributed by atoms with Crippen molar-refractivity contribution in [2.75, 3.05) is 24.4 Å². The van der Waals surface area contributed by atoms with Crippen molar-refractivity contribution in [2.24, 2.45) is 0 Å². The zero-order valence-electron chi connectivity index (χ0n) is 16.9. The summed E-state index contributed by atoms with van der Waals surface area (Å²) in [5.74, 6) is -1.11. The normalized spacial score (nSPS) is 15.4. The molecule has 0 bridgehead atoms. The smallest absolute Gasteiger partial charge is 0.335 e. The van der Waals surface area contributed by atoms with Crippen molar-refractivity contribution in [2.45, 2.75) is 36.0 Å². The third kappa shape index (κ3) is 5.17. The van der Waals surface area contributed by atoms with Gasteiger partial charge >= 0.3 is 5.97 Å². The van der Waals surface area contributed by atoms with Crippen molar-refractivity contribution in [1.29, 1.82) is 0 Å². The van der Waals surface area contributed by atoms with Crippen LogP contribution in [0.3, 0.4) is 0 Å². The monoisotopic (exact) mass is 468 g/mol. The molecular weight excluding hydrogens is 444 g/mol. The molecule has 0 amide bonds. The Balaban J connectivity index is 1.98. The van der Waals surface area contributed by atoms with Gasteiger partial charge in [0.15, 0.2) is 0 Å². The lowest BCUT2D eigenvalue weighted by Gasteiger charge is -2.27. The summed E-state index contributed by atoms with van der Waals surface area (Å²) in [6, 6.07) is 8.93. The number of ether oxygens (including phenoxy) is 1. The summed E-state index contributed by atoms with van der Waals surface area (Å²) >= 11 is 0. The van der Waals surface area contributed by atoms with E-state index in [0.29, 0.717) is 13.1 Å². The fraction of sp³-hybridized carbons (Fsp3) is 0.350. The number of sulfonamides is 2. The molecule has 0 aromatic heterocycles. The maximum absolute atomic E-state index is 13.2. The molecule has 31 heavy (non-hydrogen) atoms. The first-order chi connectivity index (χ1) is 14.6. The lowest BCUT2D eigenvalue weighted by Crippen LogP contribution is -2.35. The maximum Gasteiger partial charge on any atom is 0.335 e. The Morgan fingerprint density at radius 3 is 2.42 bits per heavy atom. The van der Waals surface area contributed by atoms with Gasteiger partial charge in [-0.2, -0.15) is 4.31 Å². The highest BCUT2D eigenvalue weighted by Crippen LogP contribution is 2.32. The minimum Gasteiger partial charge on any atom is -0.492 e. The number of carboxylic acids is 1. The summed E-state index contributed by atoms with van der Waals surface area (Å²) in [5, 5.41) is 9.10. The molecule has 2 aromatic rings. The van der Waals surface area contributed by atoms with Gasteiger partial charge in [0, 0.05) is 13.1 Å². The molecule has 168 valence electrons. The largest absolute Gasteiger partial charge is 0.492 e. The predicted octanol–water partition coefficient (Wildman–Crippen LogP) is 2.76. The first-order valence-corrected chi connectivity index (χ1v) is 12.7. The third-order valence-electron chi connectivity index (χ3n) is 4.82. The number of carbonyl (C=O) groups is 1. The summed E-state index contributed by atoms with van der Waals surface area (Å²) in [7, 11) is -8.02. The summed E-state index contributed by atoms with van der Waals surface area (Å²) in [6.07, 6.45) is 2.48. The van der Waals surface area contributed by atoms with Crippen LogP contribution >= 0.6 is 0 Å². The van der Waals surface area contributed by atoms with Crippen LogP contribution in [0.2, 0.25) is 0 Å². The van der Waals surface area contributed by atoms with Crippen molar-refractivity contribution in [3.05, 3.63) is 48.0 Å². The topological polar surface area (TPSA) is 130 Å². The highest BCUT2D eigenvalue weighted by molar-refractivity contribution is 7.92. The lowest BCUT2D eigenvalue weighted by atomic mass is 10.2. The number of carboxylic acid groups (broad SMARTS) is 1. The number of nitrogens with zero attached hydrogens (tertiary/aromatic N) is 1. The first-order valence-electron chi connectivity index (χ1n) is 9.78. The standard InChI is InChI=1S/C20H24N2O7S2/c1-2-29-18-10-9-16(14-19(18)31(27,28)22-11-4-3-5-12-22)21-30(25,26)17-8-6-7-15(13-17)20(23)24/h6-10,13-14,21H,2-5,11-12H2,1H3,(H,23,24). The van der Waals surface area contributed by atoms with Crippen LogP contribution in [0.1, 0.15) is 36.5 Å². The maximum atomic E-state index is 13.2. The Morgan fingerprint density at radius 1 is 1.06 bits per heavy atom. The molecule has 1 fully saturated rings. The second-order valence-electron chi connectivity index (χ2n) is 7.00. The predicted molar refractivity (Wildman–Crippen MR) is 114 cm³/mol. The second-order valence-corrected chi connectivity index (χ2v) is 10.6. The zero-order chi connectivity index (χ0) is 22.6. The highest BCUT2D eigenvalue weighted by atomic mass is 32.2. The van der Waals surface area contributed by atoms with Gasteiger partial charge in [-0.1, -0.05) is 12.5 Å². The summed E-state index contributed by atoms with van der Waals surface area (Å²) in [5.41, 5.74) is -0.150. The minimum atomic E-state index is -4.14. The molecule has 3 rings (SSSR count). The SMILES string of the molecule is CCOc1ccc(NS(=O)(=O)c2cccc(C(=O)O)c2)cc1S(=O)(=O)N1CCCCC1. The van der Waals surface area contributed by atoms with E-state index in [2.05, 4.69) is 4.72 Å².